The van der Waals surface area contributed by atoms with Crippen molar-refractivity contribution in [2.24, 2.45) is 0 Å². The molecule has 0 saturated heterocycles. The van der Waals surface area contributed by atoms with Crippen LogP contribution in [0, 0.1) is 5.82 Å². The third-order valence-corrected chi connectivity index (χ3v) is 7.82. The SMILES string of the molecule is CC(C)c1ccc(OC[C@@H]2c3ccsc3CCN2C(=O)CN(C(=O)c2ccccc2F)C(C)(C)C)cc1. The molecule has 2 amide bonds. The van der Waals surface area contributed by atoms with Crippen molar-refractivity contribution in [3.63, 3.8) is 0 Å². The van der Waals surface area contributed by atoms with Crippen molar-refractivity contribution in [1.82, 2.24) is 9.80 Å². The van der Waals surface area contributed by atoms with Gasteiger partial charge < -0.3 is 14.5 Å². The van der Waals surface area contributed by atoms with Gasteiger partial charge in [0.05, 0.1) is 11.6 Å². The number of carbonyl (C=O) groups excluding carboxylic acids is 2. The summed E-state index contributed by atoms with van der Waals surface area (Å²) in [5, 5.41) is 2.05. The van der Waals surface area contributed by atoms with E-state index in [0.29, 0.717) is 19.1 Å². The van der Waals surface area contributed by atoms with Crippen molar-refractivity contribution in [2.45, 2.75) is 58.5 Å². The number of benzene rings is 2. The largest absolute Gasteiger partial charge is 0.491 e. The lowest BCUT2D eigenvalue weighted by molar-refractivity contribution is -0.136. The van der Waals surface area contributed by atoms with Gasteiger partial charge in [-0.1, -0.05) is 38.1 Å². The van der Waals surface area contributed by atoms with Gasteiger partial charge in [0.2, 0.25) is 5.91 Å². The molecule has 37 heavy (non-hydrogen) atoms. The first-order valence-corrected chi connectivity index (χ1v) is 13.6. The number of halogens is 1. The van der Waals surface area contributed by atoms with E-state index in [2.05, 4.69) is 32.0 Å². The Morgan fingerprint density at radius 3 is 2.46 bits per heavy atom. The van der Waals surface area contributed by atoms with Crippen LogP contribution in [0.15, 0.2) is 60.0 Å². The first-order valence-electron chi connectivity index (χ1n) is 12.7. The van der Waals surface area contributed by atoms with Crippen molar-refractivity contribution in [1.29, 1.82) is 0 Å². The summed E-state index contributed by atoms with van der Waals surface area (Å²) in [5.41, 5.74) is 1.62. The van der Waals surface area contributed by atoms with Crippen LogP contribution in [0.5, 0.6) is 5.75 Å². The maximum absolute atomic E-state index is 14.4. The first kappa shape index (κ1) is 26.9. The fourth-order valence-electron chi connectivity index (χ4n) is 4.62. The second-order valence-corrected chi connectivity index (χ2v) is 11.7. The van der Waals surface area contributed by atoms with Gasteiger partial charge in [0.1, 0.15) is 24.7 Å². The highest BCUT2D eigenvalue weighted by Gasteiger charge is 2.36. The Morgan fingerprint density at radius 2 is 1.81 bits per heavy atom. The lowest BCUT2D eigenvalue weighted by Crippen LogP contribution is -2.53. The van der Waals surface area contributed by atoms with E-state index in [9.17, 15) is 14.0 Å². The molecule has 7 heteroatoms. The molecular weight excluding hydrogens is 487 g/mol. The lowest BCUT2D eigenvalue weighted by atomic mass is 9.99. The van der Waals surface area contributed by atoms with Crippen molar-refractivity contribution < 1.29 is 18.7 Å². The number of hydrogen-bond donors (Lipinski definition) is 0. The summed E-state index contributed by atoms with van der Waals surface area (Å²) in [6.07, 6.45) is 0.759. The fraction of sp³-hybridized carbons (Fsp3) is 0.400. The number of ether oxygens (including phenoxy) is 1. The Balaban J connectivity index is 1.55. The Kier molecular flexibility index (Phi) is 8.02. The number of carbonyl (C=O) groups is 2. The number of rotatable bonds is 7. The van der Waals surface area contributed by atoms with Gasteiger partial charge in [0, 0.05) is 17.0 Å². The van der Waals surface area contributed by atoms with Gasteiger partial charge in [-0.25, -0.2) is 4.39 Å². The van der Waals surface area contributed by atoms with Crippen LogP contribution in [-0.2, 0) is 11.2 Å². The topological polar surface area (TPSA) is 49.9 Å². The van der Waals surface area contributed by atoms with Crippen LogP contribution in [0.1, 0.15) is 72.9 Å². The minimum absolute atomic E-state index is 0.0336. The van der Waals surface area contributed by atoms with Crippen molar-refractivity contribution in [2.75, 3.05) is 19.7 Å². The third kappa shape index (κ3) is 6.04. The minimum atomic E-state index is -0.678. The van der Waals surface area contributed by atoms with Gasteiger partial charge in [0.15, 0.2) is 0 Å². The molecule has 1 aliphatic heterocycles. The van der Waals surface area contributed by atoms with Crippen LogP contribution >= 0.6 is 11.3 Å². The molecule has 1 aromatic heterocycles. The molecule has 0 radical (unpaired) electrons. The van der Waals surface area contributed by atoms with Gasteiger partial charge in [-0.3, -0.25) is 9.59 Å². The number of thiophene rings is 1. The Morgan fingerprint density at radius 1 is 1.11 bits per heavy atom. The predicted octanol–water partition coefficient (Wildman–Crippen LogP) is 6.46. The molecule has 0 unspecified atom stereocenters. The zero-order valence-electron chi connectivity index (χ0n) is 22.2. The molecule has 3 aromatic rings. The van der Waals surface area contributed by atoms with Gasteiger partial charge in [-0.15, -0.1) is 11.3 Å². The average Bonchev–Trinajstić information content (AvgIpc) is 3.34. The summed E-state index contributed by atoms with van der Waals surface area (Å²) in [4.78, 5) is 31.6. The monoisotopic (exact) mass is 522 g/mol. The summed E-state index contributed by atoms with van der Waals surface area (Å²) >= 11 is 1.69. The molecule has 1 aliphatic rings. The maximum Gasteiger partial charge on any atom is 0.257 e. The molecule has 2 aromatic carbocycles. The number of fused-ring (bicyclic) bond motifs is 1. The summed E-state index contributed by atoms with van der Waals surface area (Å²) in [6.45, 7) is 10.6. The number of amides is 2. The van der Waals surface area contributed by atoms with Crippen molar-refractivity contribution in [3.05, 3.63) is 87.4 Å². The van der Waals surface area contributed by atoms with Gasteiger partial charge in [-0.2, -0.15) is 0 Å². The Labute approximate surface area is 222 Å². The van der Waals surface area contributed by atoms with E-state index in [4.69, 9.17) is 4.74 Å². The molecule has 0 aliphatic carbocycles. The molecule has 5 nitrogen and oxygen atoms in total. The third-order valence-electron chi connectivity index (χ3n) is 6.82. The molecule has 0 bridgehead atoms. The Hall–Kier alpha value is -3.19. The fourth-order valence-corrected chi connectivity index (χ4v) is 5.55. The quantitative estimate of drug-likeness (QED) is 0.358. The van der Waals surface area contributed by atoms with Gasteiger partial charge in [-0.05, 0) is 79.9 Å². The second kappa shape index (κ2) is 11.1. The van der Waals surface area contributed by atoms with Crippen molar-refractivity contribution >= 4 is 23.2 Å². The second-order valence-electron chi connectivity index (χ2n) is 10.7. The van der Waals surface area contributed by atoms with Crippen LogP contribution in [0.2, 0.25) is 0 Å². The molecular formula is C30H35FN2O3S. The van der Waals surface area contributed by atoms with E-state index < -0.39 is 17.3 Å². The predicted molar refractivity (Wildman–Crippen MR) is 146 cm³/mol. The molecule has 0 spiro atoms. The van der Waals surface area contributed by atoms with Crippen LogP contribution < -0.4 is 4.74 Å². The van der Waals surface area contributed by atoms with Crippen LogP contribution in [-0.4, -0.2) is 46.8 Å². The molecule has 0 saturated carbocycles. The average molecular weight is 523 g/mol. The van der Waals surface area contributed by atoms with Crippen LogP contribution in [0.25, 0.3) is 0 Å². The first-order chi connectivity index (χ1) is 17.6. The molecule has 1 atom stereocenters. The van der Waals surface area contributed by atoms with Gasteiger partial charge >= 0.3 is 0 Å². The minimum Gasteiger partial charge on any atom is -0.491 e. The lowest BCUT2D eigenvalue weighted by Gasteiger charge is -2.40. The highest BCUT2D eigenvalue weighted by Crippen LogP contribution is 2.34. The molecule has 0 fully saturated rings. The molecule has 0 N–H and O–H groups in total. The molecule has 4 rings (SSSR count). The normalized spacial score (nSPS) is 15.4. The van der Waals surface area contributed by atoms with E-state index in [1.165, 1.54) is 27.5 Å². The summed E-state index contributed by atoms with van der Waals surface area (Å²) < 4.78 is 20.6. The van der Waals surface area contributed by atoms with E-state index in [1.807, 2.05) is 43.2 Å². The van der Waals surface area contributed by atoms with E-state index in [-0.39, 0.29) is 24.1 Å². The van der Waals surface area contributed by atoms with Crippen molar-refractivity contribution in [3.8, 4) is 5.75 Å². The number of nitrogens with zero attached hydrogens (tertiary/aromatic N) is 2. The van der Waals surface area contributed by atoms with E-state index in [1.54, 1.807) is 23.5 Å². The van der Waals surface area contributed by atoms with E-state index in [0.717, 1.165) is 17.7 Å². The van der Waals surface area contributed by atoms with Crippen LogP contribution in [0.4, 0.5) is 4.39 Å². The van der Waals surface area contributed by atoms with E-state index >= 15 is 0 Å². The number of hydrogen-bond acceptors (Lipinski definition) is 4. The standard InChI is InChI=1S/C30H35FN2O3S/c1-20(2)21-10-12-22(13-11-21)36-19-26-24-15-17-37-27(24)14-16-32(26)28(34)18-33(30(3,4)5)29(35)23-8-6-7-9-25(23)31/h6-13,15,17,20,26H,14,16,18-19H2,1-5H3/t26-/m1/s1. The highest BCUT2D eigenvalue weighted by atomic mass is 32.1. The zero-order valence-corrected chi connectivity index (χ0v) is 23.0. The molecule has 2 heterocycles. The summed E-state index contributed by atoms with van der Waals surface area (Å²) in [6, 6.07) is 15.7. The summed E-state index contributed by atoms with van der Waals surface area (Å²) in [5.74, 6) is -0.0767. The summed E-state index contributed by atoms with van der Waals surface area (Å²) in [7, 11) is 0. The zero-order chi connectivity index (χ0) is 26.7. The smallest absolute Gasteiger partial charge is 0.257 e. The van der Waals surface area contributed by atoms with Gasteiger partial charge in [0.25, 0.3) is 5.91 Å². The highest BCUT2D eigenvalue weighted by molar-refractivity contribution is 7.10. The van der Waals surface area contributed by atoms with Crippen LogP contribution in [0.3, 0.4) is 0 Å². The maximum atomic E-state index is 14.4. The Bertz CT molecular complexity index is 1250. The molecule has 196 valence electrons.